The van der Waals surface area contributed by atoms with E-state index in [0.717, 1.165) is 6.20 Å². The van der Waals surface area contributed by atoms with Crippen LogP contribution in [-0.2, 0) is 22.3 Å². The van der Waals surface area contributed by atoms with E-state index < -0.39 is 23.4 Å². The molecule has 3 heterocycles. The summed E-state index contributed by atoms with van der Waals surface area (Å²) in [7, 11) is 0. The zero-order valence-electron chi connectivity index (χ0n) is 20.1. The molecule has 198 valence electrons. The molecule has 2 aliphatic rings. The van der Waals surface area contributed by atoms with Gasteiger partial charge in [0, 0.05) is 30.3 Å². The van der Waals surface area contributed by atoms with E-state index in [9.17, 15) is 27.9 Å². The lowest BCUT2D eigenvalue weighted by Crippen LogP contribution is -2.43. The van der Waals surface area contributed by atoms with Crippen LogP contribution in [0.5, 0.6) is 5.75 Å². The normalized spacial score (nSPS) is 16.7. The molecule has 0 atom stereocenters. The van der Waals surface area contributed by atoms with Gasteiger partial charge in [-0.2, -0.15) is 13.2 Å². The van der Waals surface area contributed by atoms with Crippen LogP contribution in [0.1, 0.15) is 40.9 Å². The monoisotopic (exact) mass is 527 g/mol. The summed E-state index contributed by atoms with van der Waals surface area (Å²) in [6, 6.07) is 11.9. The fourth-order valence-electron chi connectivity index (χ4n) is 4.65. The zero-order valence-corrected chi connectivity index (χ0v) is 20.1. The quantitative estimate of drug-likeness (QED) is 0.451. The topological polar surface area (TPSA) is 110 Å². The minimum atomic E-state index is -4.68. The van der Waals surface area contributed by atoms with Crippen molar-refractivity contribution in [2.24, 2.45) is 0 Å². The first-order valence-electron chi connectivity index (χ1n) is 12.0. The van der Waals surface area contributed by atoms with Crippen molar-refractivity contribution >= 4 is 23.2 Å². The van der Waals surface area contributed by atoms with Gasteiger partial charge in [-0.05, 0) is 53.1 Å². The van der Waals surface area contributed by atoms with E-state index in [0.29, 0.717) is 65.9 Å². The molecule has 2 aromatic carbocycles. The van der Waals surface area contributed by atoms with Gasteiger partial charge < -0.3 is 25.2 Å². The van der Waals surface area contributed by atoms with Crippen molar-refractivity contribution in [1.82, 2.24) is 4.98 Å². The molecule has 0 aliphatic carbocycles. The summed E-state index contributed by atoms with van der Waals surface area (Å²) >= 11 is 0. The van der Waals surface area contributed by atoms with Gasteiger partial charge in [0.2, 0.25) is 5.91 Å². The number of pyridine rings is 1. The summed E-state index contributed by atoms with van der Waals surface area (Å²) in [6.45, 7) is 0.681. The molecule has 1 aromatic heterocycles. The molecule has 3 aromatic rings. The number of rotatable bonds is 4. The second-order valence-electron chi connectivity index (χ2n) is 9.25. The van der Waals surface area contributed by atoms with Gasteiger partial charge in [-0.1, -0.05) is 12.1 Å². The van der Waals surface area contributed by atoms with Crippen LogP contribution in [0.3, 0.4) is 0 Å². The fraction of sp³-hybridized carbons (Fsp3) is 0.296. The molecular formula is C27H24F3N3O5. The minimum Gasteiger partial charge on any atom is -0.484 e. The zero-order chi connectivity index (χ0) is 26.9. The maximum absolute atomic E-state index is 13.0. The van der Waals surface area contributed by atoms with Crippen molar-refractivity contribution < 1.29 is 37.3 Å². The Morgan fingerprint density at radius 2 is 1.89 bits per heavy atom. The predicted molar refractivity (Wildman–Crippen MR) is 132 cm³/mol. The average Bonchev–Trinajstić information content (AvgIpc) is 3.02. The van der Waals surface area contributed by atoms with E-state index in [2.05, 4.69) is 15.6 Å². The van der Waals surface area contributed by atoms with E-state index in [-0.39, 0.29) is 24.5 Å². The predicted octanol–water partition coefficient (Wildman–Crippen LogP) is 4.78. The number of fused-ring (bicyclic) bond motifs is 1. The molecule has 0 bridgehead atoms. The number of anilines is 2. The van der Waals surface area contributed by atoms with E-state index >= 15 is 0 Å². The van der Waals surface area contributed by atoms with Gasteiger partial charge in [-0.25, -0.2) is 0 Å². The van der Waals surface area contributed by atoms with Crippen LogP contribution in [0.2, 0.25) is 0 Å². The molecule has 0 radical (unpaired) electrons. The Kier molecular flexibility index (Phi) is 6.80. The molecular weight excluding hydrogens is 503 g/mol. The molecule has 11 heteroatoms. The molecule has 38 heavy (non-hydrogen) atoms. The highest BCUT2D eigenvalue weighted by molar-refractivity contribution is 6.04. The first kappa shape index (κ1) is 25.7. The molecule has 0 unspecified atom stereocenters. The molecule has 1 saturated heterocycles. The molecule has 8 nitrogen and oxygen atoms in total. The van der Waals surface area contributed by atoms with E-state index in [1.165, 1.54) is 6.07 Å². The summed E-state index contributed by atoms with van der Waals surface area (Å²) < 4.78 is 50.9. The lowest BCUT2D eigenvalue weighted by Gasteiger charge is -2.35. The van der Waals surface area contributed by atoms with Crippen molar-refractivity contribution in [1.29, 1.82) is 0 Å². The Morgan fingerprint density at radius 3 is 2.63 bits per heavy atom. The Morgan fingerprint density at radius 1 is 1.11 bits per heavy atom. The molecule has 1 fully saturated rings. The first-order valence-corrected chi connectivity index (χ1v) is 12.0. The summed E-state index contributed by atoms with van der Waals surface area (Å²) in [5, 5.41) is 15.4. The van der Waals surface area contributed by atoms with Crippen LogP contribution in [0.15, 0.2) is 54.7 Å². The minimum absolute atomic E-state index is 0.149. The number of aliphatic hydroxyl groups is 1. The first-order chi connectivity index (χ1) is 18.2. The number of hydrogen-bond donors (Lipinski definition) is 3. The number of hydrogen-bond acceptors (Lipinski definition) is 6. The molecule has 2 aliphatic heterocycles. The van der Waals surface area contributed by atoms with Gasteiger partial charge in [0.1, 0.15) is 17.0 Å². The number of nitrogens with zero attached hydrogens (tertiary/aromatic N) is 1. The van der Waals surface area contributed by atoms with Crippen LogP contribution in [0.4, 0.5) is 24.5 Å². The largest absolute Gasteiger partial charge is 0.484 e. The Labute approximate surface area is 215 Å². The number of carbonyl (C=O) groups excluding carboxylic acids is 2. The summed E-state index contributed by atoms with van der Waals surface area (Å²) in [5.74, 6) is -0.413. The maximum atomic E-state index is 13.0. The summed E-state index contributed by atoms with van der Waals surface area (Å²) in [5.41, 5.74) is 0.598. The Bertz CT molecular complexity index is 1390. The molecule has 3 N–H and O–H groups in total. The van der Waals surface area contributed by atoms with E-state index in [1.807, 2.05) is 0 Å². The van der Waals surface area contributed by atoms with Gasteiger partial charge in [0.15, 0.2) is 0 Å². The highest BCUT2D eigenvalue weighted by Crippen LogP contribution is 2.41. The van der Waals surface area contributed by atoms with E-state index in [4.69, 9.17) is 9.47 Å². The smallest absolute Gasteiger partial charge is 0.433 e. The number of carbonyl (C=O) groups is 2. The number of benzene rings is 2. The number of halogens is 3. The van der Waals surface area contributed by atoms with Crippen LogP contribution in [0, 0.1) is 0 Å². The second-order valence-corrected chi connectivity index (χ2v) is 9.25. The lowest BCUT2D eigenvalue weighted by molar-refractivity contribution is -0.141. The molecule has 0 saturated carbocycles. The van der Waals surface area contributed by atoms with Gasteiger partial charge in [-0.3, -0.25) is 14.6 Å². The highest BCUT2D eigenvalue weighted by Gasteiger charge is 2.40. The molecule has 5 rings (SSSR count). The number of alkyl halides is 3. The lowest BCUT2D eigenvalue weighted by atomic mass is 9.90. The van der Waals surface area contributed by atoms with Gasteiger partial charge in [-0.15, -0.1) is 0 Å². The molecule has 2 amide bonds. The number of aliphatic hydroxyl groups excluding tert-OH is 1. The van der Waals surface area contributed by atoms with Crippen LogP contribution >= 0.6 is 0 Å². The van der Waals surface area contributed by atoms with Crippen LogP contribution in [0.25, 0.3) is 11.1 Å². The van der Waals surface area contributed by atoms with Crippen molar-refractivity contribution in [2.75, 3.05) is 23.8 Å². The number of nitrogens with one attached hydrogen (secondary N) is 2. The number of aromatic nitrogens is 1. The third kappa shape index (κ3) is 5.34. The Balaban J connectivity index is 1.45. The van der Waals surface area contributed by atoms with Crippen molar-refractivity contribution in [3.05, 3.63) is 71.5 Å². The van der Waals surface area contributed by atoms with Crippen molar-refractivity contribution in [3.8, 4) is 16.9 Å². The summed E-state index contributed by atoms with van der Waals surface area (Å²) in [6.07, 6.45) is -2.41. The molecule has 1 spiro atoms. The third-order valence-electron chi connectivity index (χ3n) is 6.63. The SMILES string of the molecule is O=C1CC2(CCOCC2)Oc2cc(-c3cc(NC(=O)c4ccnc(C(F)(F)F)c4)ccc3CO)ccc2N1. The van der Waals surface area contributed by atoms with Gasteiger partial charge in [0.05, 0.1) is 31.9 Å². The van der Waals surface area contributed by atoms with Gasteiger partial charge in [0.25, 0.3) is 5.91 Å². The fourth-order valence-corrected chi connectivity index (χ4v) is 4.65. The van der Waals surface area contributed by atoms with Crippen LogP contribution in [-0.4, -0.2) is 40.7 Å². The van der Waals surface area contributed by atoms with Crippen LogP contribution < -0.4 is 15.4 Å². The summed E-state index contributed by atoms with van der Waals surface area (Å²) in [4.78, 5) is 28.5. The van der Waals surface area contributed by atoms with E-state index in [1.54, 1.807) is 36.4 Å². The van der Waals surface area contributed by atoms with Gasteiger partial charge >= 0.3 is 6.18 Å². The third-order valence-corrected chi connectivity index (χ3v) is 6.63. The Hall–Kier alpha value is -3.96. The maximum Gasteiger partial charge on any atom is 0.433 e. The number of ether oxygens (including phenoxy) is 2. The van der Waals surface area contributed by atoms with Crippen molar-refractivity contribution in [3.63, 3.8) is 0 Å². The second kappa shape index (κ2) is 10.1. The number of amides is 2. The standard InChI is InChI=1S/C27H24F3N3O5/c28-27(29,30)23-12-17(5-8-31-23)25(36)32-19-3-1-18(15-34)20(13-19)16-2-4-21-22(11-16)38-26(14-24(35)33-21)6-9-37-10-7-26/h1-5,8,11-13,34H,6-7,9-10,14-15H2,(H,32,36)(H,33,35). The highest BCUT2D eigenvalue weighted by atomic mass is 19.4. The van der Waals surface area contributed by atoms with Crippen molar-refractivity contribution in [2.45, 2.75) is 37.6 Å². The average molecular weight is 527 g/mol.